The first-order valence-corrected chi connectivity index (χ1v) is 8.54. The van der Waals surface area contributed by atoms with E-state index in [2.05, 4.69) is 30.3 Å². The molecule has 2 rings (SSSR count). The summed E-state index contributed by atoms with van der Waals surface area (Å²) in [4.78, 5) is 19.5. The molecule has 4 heteroatoms. The molecule has 1 aromatic rings. The number of allylic oxidation sites excluding steroid dienone is 1. The molecule has 1 amide bonds. The van der Waals surface area contributed by atoms with Crippen LogP contribution in [0.2, 0.25) is 5.02 Å². The van der Waals surface area contributed by atoms with Crippen molar-refractivity contribution in [1.29, 1.82) is 0 Å². The van der Waals surface area contributed by atoms with Crippen LogP contribution in [0.4, 0.5) is 0 Å². The van der Waals surface area contributed by atoms with Gasteiger partial charge < -0.3 is 4.90 Å². The maximum Gasteiger partial charge on any atom is 0.226 e. The molecule has 1 aliphatic rings. The molecule has 0 bridgehead atoms. The van der Waals surface area contributed by atoms with Crippen molar-refractivity contribution in [3.05, 3.63) is 41.7 Å². The van der Waals surface area contributed by atoms with Crippen molar-refractivity contribution in [3.63, 3.8) is 0 Å². The fourth-order valence-electron chi connectivity index (χ4n) is 3.40. The molecule has 1 fully saturated rings. The van der Waals surface area contributed by atoms with Crippen LogP contribution >= 0.6 is 11.6 Å². The van der Waals surface area contributed by atoms with E-state index >= 15 is 0 Å². The summed E-state index contributed by atoms with van der Waals surface area (Å²) in [5, 5.41) is 0.629. The van der Waals surface area contributed by atoms with Crippen molar-refractivity contribution in [1.82, 2.24) is 9.88 Å². The highest BCUT2D eigenvalue weighted by Gasteiger charge is 2.38. The van der Waals surface area contributed by atoms with E-state index in [-0.39, 0.29) is 23.9 Å². The molecule has 2 unspecified atom stereocenters. The van der Waals surface area contributed by atoms with Crippen LogP contribution < -0.4 is 0 Å². The number of carbonyl (C=O) groups is 1. The molecule has 1 aliphatic heterocycles. The first-order chi connectivity index (χ1) is 10.6. The van der Waals surface area contributed by atoms with Crippen molar-refractivity contribution < 1.29 is 4.79 Å². The van der Waals surface area contributed by atoms with Crippen LogP contribution in [0.25, 0.3) is 0 Å². The zero-order valence-corrected chi connectivity index (χ0v) is 14.2. The number of carbonyl (C=O) groups excluding carboxylic acids is 1. The minimum absolute atomic E-state index is 0.0655. The summed E-state index contributed by atoms with van der Waals surface area (Å²) in [5.74, 6) is 0.322. The van der Waals surface area contributed by atoms with Crippen LogP contribution in [0.3, 0.4) is 0 Å². The summed E-state index contributed by atoms with van der Waals surface area (Å²) in [6, 6.07) is 4.14. The Kier molecular flexibility index (Phi) is 6.01. The third-order valence-electron chi connectivity index (χ3n) is 4.61. The minimum Gasteiger partial charge on any atom is -0.331 e. The van der Waals surface area contributed by atoms with Crippen LogP contribution in [-0.2, 0) is 4.79 Å². The zero-order chi connectivity index (χ0) is 16.1. The third-order valence-corrected chi connectivity index (χ3v) is 4.83. The van der Waals surface area contributed by atoms with Gasteiger partial charge in [-0.3, -0.25) is 9.78 Å². The lowest BCUT2D eigenvalue weighted by Gasteiger charge is -2.43. The lowest BCUT2D eigenvalue weighted by Crippen LogP contribution is -2.48. The second-order valence-corrected chi connectivity index (χ2v) is 6.37. The second kappa shape index (κ2) is 7.77. The number of hydrogen-bond donors (Lipinski definition) is 0. The molecular formula is C18H25ClN2O. The summed E-state index contributed by atoms with van der Waals surface area (Å²) >= 11 is 5.94. The largest absolute Gasteiger partial charge is 0.331 e. The molecule has 0 aromatic carbocycles. The molecule has 22 heavy (non-hydrogen) atoms. The van der Waals surface area contributed by atoms with Gasteiger partial charge in [0.15, 0.2) is 0 Å². The highest BCUT2D eigenvalue weighted by Crippen LogP contribution is 2.37. The van der Waals surface area contributed by atoms with E-state index < -0.39 is 0 Å². The SMILES string of the molecule is C=CCC1CCC(c2ccc(Cl)cn2)N(C(CC)CC)C1=O. The molecule has 120 valence electrons. The van der Waals surface area contributed by atoms with Crippen molar-refractivity contribution in [2.45, 2.75) is 58.0 Å². The Labute approximate surface area is 138 Å². The van der Waals surface area contributed by atoms with Gasteiger partial charge in [0.05, 0.1) is 16.8 Å². The van der Waals surface area contributed by atoms with E-state index in [1.54, 1.807) is 6.20 Å². The Bertz CT molecular complexity index is 510. The monoisotopic (exact) mass is 320 g/mol. The second-order valence-electron chi connectivity index (χ2n) is 5.93. The van der Waals surface area contributed by atoms with Crippen LogP contribution in [0.15, 0.2) is 31.0 Å². The predicted octanol–water partition coefficient (Wildman–Crippen LogP) is 4.78. The van der Waals surface area contributed by atoms with E-state index in [1.165, 1.54) is 0 Å². The van der Waals surface area contributed by atoms with E-state index in [1.807, 2.05) is 18.2 Å². The van der Waals surface area contributed by atoms with Crippen LogP contribution in [0.1, 0.15) is 57.7 Å². The lowest BCUT2D eigenvalue weighted by molar-refractivity contribution is -0.145. The van der Waals surface area contributed by atoms with Crippen molar-refractivity contribution in [2.24, 2.45) is 5.92 Å². The van der Waals surface area contributed by atoms with E-state index in [0.29, 0.717) is 5.02 Å². The Morgan fingerprint density at radius 1 is 1.41 bits per heavy atom. The Morgan fingerprint density at radius 3 is 2.68 bits per heavy atom. The van der Waals surface area contributed by atoms with Gasteiger partial charge in [-0.2, -0.15) is 0 Å². The third kappa shape index (κ3) is 3.52. The van der Waals surface area contributed by atoms with E-state index in [4.69, 9.17) is 11.6 Å². The zero-order valence-electron chi connectivity index (χ0n) is 13.5. The minimum atomic E-state index is 0.0655. The molecule has 3 nitrogen and oxygen atoms in total. The number of piperidine rings is 1. The summed E-state index contributed by atoms with van der Waals surface area (Å²) in [6.45, 7) is 8.08. The Balaban J connectivity index is 2.32. The van der Waals surface area contributed by atoms with E-state index in [0.717, 1.165) is 37.8 Å². The quantitative estimate of drug-likeness (QED) is 0.707. The van der Waals surface area contributed by atoms with Gasteiger partial charge in [-0.1, -0.05) is 31.5 Å². The molecular weight excluding hydrogens is 296 g/mol. The number of nitrogens with zero attached hydrogens (tertiary/aromatic N) is 2. The highest BCUT2D eigenvalue weighted by atomic mass is 35.5. The molecule has 1 saturated heterocycles. The summed E-state index contributed by atoms with van der Waals surface area (Å²) in [6.07, 6.45) is 8.07. The predicted molar refractivity (Wildman–Crippen MR) is 90.7 cm³/mol. The first kappa shape index (κ1) is 17.0. The van der Waals surface area contributed by atoms with Gasteiger partial charge in [-0.05, 0) is 44.2 Å². The van der Waals surface area contributed by atoms with Crippen LogP contribution in [-0.4, -0.2) is 21.8 Å². The number of amides is 1. The molecule has 2 heterocycles. The fourth-order valence-corrected chi connectivity index (χ4v) is 3.51. The Morgan fingerprint density at radius 2 is 2.14 bits per heavy atom. The van der Waals surface area contributed by atoms with Gasteiger partial charge in [-0.15, -0.1) is 6.58 Å². The van der Waals surface area contributed by atoms with Gasteiger partial charge in [0, 0.05) is 18.2 Å². The molecule has 0 spiro atoms. The fraction of sp³-hybridized carbons (Fsp3) is 0.556. The van der Waals surface area contributed by atoms with Gasteiger partial charge in [0.2, 0.25) is 5.91 Å². The summed E-state index contributed by atoms with van der Waals surface area (Å²) < 4.78 is 0. The lowest BCUT2D eigenvalue weighted by atomic mass is 9.86. The van der Waals surface area contributed by atoms with Gasteiger partial charge in [0.1, 0.15) is 0 Å². The smallest absolute Gasteiger partial charge is 0.226 e. The molecule has 0 radical (unpaired) electrons. The average Bonchev–Trinajstić information content (AvgIpc) is 2.53. The number of halogens is 1. The number of hydrogen-bond acceptors (Lipinski definition) is 2. The van der Waals surface area contributed by atoms with Crippen molar-refractivity contribution >= 4 is 17.5 Å². The molecule has 2 atom stereocenters. The number of likely N-dealkylation sites (tertiary alicyclic amines) is 1. The van der Waals surface area contributed by atoms with Crippen LogP contribution in [0, 0.1) is 5.92 Å². The first-order valence-electron chi connectivity index (χ1n) is 8.16. The maximum absolute atomic E-state index is 12.9. The average molecular weight is 321 g/mol. The summed E-state index contributed by atoms with van der Waals surface area (Å²) in [5.41, 5.74) is 0.946. The number of pyridine rings is 1. The van der Waals surface area contributed by atoms with Crippen LogP contribution in [0.5, 0.6) is 0 Å². The van der Waals surface area contributed by atoms with Crippen molar-refractivity contribution in [3.8, 4) is 0 Å². The Hall–Kier alpha value is -1.35. The van der Waals surface area contributed by atoms with E-state index in [9.17, 15) is 4.79 Å². The molecule has 0 saturated carbocycles. The molecule has 0 N–H and O–H groups in total. The molecule has 0 aliphatic carbocycles. The topological polar surface area (TPSA) is 33.2 Å². The standard InChI is InChI=1S/C18H25ClN2O/c1-4-7-13-8-11-17(16-10-9-14(19)12-20-16)21(18(13)22)15(5-2)6-3/h4,9-10,12-13,15,17H,1,5-8,11H2,2-3H3. The molecule has 1 aromatic heterocycles. The van der Waals surface area contributed by atoms with Crippen molar-refractivity contribution in [2.75, 3.05) is 0 Å². The number of rotatable bonds is 6. The summed E-state index contributed by atoms with van der Waals surface area (Å²) in [7, 11) is 0. The van der Waals surface area contributed by atoms with Gasteiger partial charge >= 0.3 is 0 Å². The highest BCUT2D eigenvalue weighted by molar-refractivity contribution is 6.30. The maximum atomic E-state index is 12.9. The number of aromatic nitrogens is 1. The normalized spacial score (nSPS) is 22.2. The van der Waals surface area contributed by atoms with Gasteiger partial charge in [0.25, 0.3) is 0 Å². The van der Waals surface area contributed by atoms with Gasteiger partial charge in [-0.25, -0.2) is 0 Å².